The lowest BCUT2D eigenvalue weighted by atomic mass is 10.2. The standard InChI is InChI=1S/C18H12Cl4N2O3S/c1-10-2-3-17(14(20)4-10)28(25,26)24-12-6-15(21)18(16(22)7-12)27-13-5-11(19)8-23-9-13/h2-9,24H,1H3. The van der Waals surface area contributed by atoms with Crippen LogP contribution < -0.4 is 9.46 Å². The molecule has 0 aliphatic rings. The molecule has 0 aliphatic heterocycles. The Labute approximate surface area is 182 Å². The number of ether oxygens (including phenoxy) is 1. The van der Waals surface area contributed by atoms with Gasteiger partial charge in [0.2, 0.25) is 0 Å². The van der Waals surface area contributed by atoms with E-state index >= 15 is 0 Å². The van der Waals surface area contributed by atoms with Crippen molar-refractivity contribution in [2.45, 2.75) is 11.8 Å². The van der Waals surface area contributed by atoms with Crippen LogP contribution >= 0.6 is 46.4 Å². The number of hydrogen-bond acceptors (Lipinski definition) is 4. The van der Waals surface area contributed by atoms with Gasteiger partial charge in [-0.25, -0.2) is 8.42 Å². The molecule has 1 N–H and O–H groups in total. The van der Waals surface area contributed by atoms with Crippen molar-refractivity contribution in [2.75, 3.05) is 4.72 Å². The molecule has 0 unspecified atom stereocenters. The van der Waals surface area contributed by atoms with Gasteiger partial charge in [0.25, 0.3) is 10.0 Å². The fraction of sp³-hybridized carbons (Fsp3) is 0.0556. The van der Waals surface area contributed by atoms with Crippen LogP contribution in [0.15, 0.2) is 53.7 Å². The Morgan fingerprint density at radius 1 is 0.929 bits per heavy atom. The van der Waals surface area contributed by atoms with Crippen LogP contribution in [-0.4, -0.2) is 13.4 Å². The highest BCUT2D eigenvalue weighted by atomic mass is 35.5. The molecular formula is C18H12Cl4N2O3S. The van der Waals surface area contributed by atoms with Gasteiger partial charge in [0.05, 0.1) is 32.0 Å². The van der Waals surface area contributed by atoms with Crippen molar-refractivity contribution in [3.05, 3.63) is 74.4 Å². The molecule has 0 radical (unpaired) electrons. The highest BCUT2D eigenvalue weighted by molar-refractivity contribution is 7.92. The summed E-state index contributed by atoms with van der Waals surface area (Å²) in [6.45, 7) is 1.81. The van der Waals surface area contributed by atoms with Gasteiger partial charge in [-0.1, -0.05) is 52.5 Å². The minimum Gasteiger partial charge on any atom is -0.453 e. The zero-order chi connectivity index (χ0) is 20.5. The van der Waals surface area contributed by atoms with E-state index in [0.29, 0.717) is 10.8 Å². The van der Waals surface area contributed by atoms with Crippen LogP contribution in [0.4, 0.5) is 5.69 Å². The molecular weight excluding hydrogens is 466 g/mol. The van der Waals surface area contributed by atoms with E-state index < -0.39 is 10.0 Å². The van der Waals surface area contributed by atoms with Crippen molar-refractivity contribution in [1.82, 2.24) is 4.98 Å². The Morgan fingerprint density at radius 3 is 2.21 bits per heavy atom. The summed E-state index contributed by atoms with van der Waals surface area (Å²) >= 11 is 24.4. The maximum atomic E-state index is 12.6. The lowest BCUT2D eigenvalue weighted by Gasteiger charge is -2.14. The smallest absolute Gasteiger partial charge is 0.263 e. The van der Waals surface area contributed by atoms with Crippen molar-refractivity contribution in [3.63, 3.8) is 0 Å². The zero-order valence-electron chi connectivity index (χ0n) is 14.2. The summed E-state index contributed by atoms with van der Waals surface area (Å²) in [6, 6.07) is 8.92. The lowest BCUT2D eigenvalue weighted by molar-refractivity contribution is 0.481. The molecule has 1 heterocycles. The molecule has 0 bridgehead atoms. The second-order valence-electron chi connectivity index (χ2n) is 5.75. The Morgan fingerprint density at radius 2 is 1.61 bits per heavy atom. The highest BCUT2D eigenvalue weighted by Crippen LogP contribution is 2.39. The molecule has 1 aromatic heterocycles. The number of sulfonamides is 1. The van der Waals surface area contributed by atoms with Crippen molar-refractivity contribution >= 4 is 62.1 Å². The van der Waals surface area contributed by atoms with Gasteiger partial charge in [-0.2, -0.15) is 0 Å². The molecule has 0 aliphatic carbocycles. The number of rotatable bonds is 5. The predicted molar refractivity (Wildman–Crippen MR) is 113 cm³/mol. The van der Waals surface area contributed by atoms with E-state index in [1.165, 1.54) is 36.7 Å². The number of nitrogens with zero attached hydrogens (tertiary/aromatic N) is 1. The number of halogens is 4. The summed E-state index contributed by atoms with van der Waals surface area (Å²) in [5.41, 5.74) is 0.996. The number of aryl methyl sites for hydroxylation is 1. The third-order valence-corrected chi connectivity index (χ3v) is 6.16. The molecule has 3 aromatic rings. The maximum Gasteiger partial charge on any atom is 0.263 e. The number of aromatic nitrogens is 1. The van der Waals surface area contributed by atoms with Gasteiger partial charge in [0.15, 0.2) is 5.75 Å². The van der Waals surface area contributed by atoms with Crippen molar-refractivity contribution in [2.24, 2.45) is 0 Å². The zero-order valence-corrected chi connectivity index (χ0v) is 18.1. The summed E-state index contributed by atoms with van der Waals surface area (Å²) in [7, 11) is -3.94. The number of benzene rings is 2. The van der Waals surface area contributed by atoms with Crippen LogP contribution in [0.2, 0.25) is 20.1 Å². The summed E-state index contributed by atoms with van der Waals surface area (Å²) in [4.78, 5) is 3.85. The monoisotopic (exact) mass is 476 g/mol. The molecule has 0 saturated carbocycles. The first-order valence-corrected chi connectivity index (χ1v) is 10.7. The second-order valence-corrected chi connectivity index (χ2v) is 9.06. The molecule has 10 heteroatoms. The number of pyridine rings is 1. The van der Waals surface area contributed by atoms with Crippen LogP contribution in [0.25, 0.3) is 0 Å². The van der Waals surface area contributed by atoms with Crippen molar-refractivity contribution in [1.29, 1.82) is 0 Å². The molecule has 0 spiro atoms. The molecule has 5 nitrogen and oxygen atoms in total. The first kappa shape index (κ1) is 21.0. The average molecular weight is 478 g/mol. The minimum atomic E-state index is -3.94. The second kappa shape index (κ2) is 8.35. The Balaban J connectivity index is 1.90. The van der Waals surface area contributed by atoms with E-state index in [2.05, 4.69) is 9.71 Å². The molecule has 0 amide bonds. The third-order valence-electron chi connectivity index (χ3n) is 3.53. The molecule has 0 atom stereocenters. The van der Waals surface area contributed by atoms with Crippen LogP contribution in [0, 0.1) is 6.92 Å². The first-order valence-electron chi connectivity index (χ1n) is 7.72. The number of hydrogen-bond donors (Lipinski definition) is 1. The Bertz CT molecular complexity index is 1130. The van der Waals surface area contributed by atoms with Crippen LogP contribution in [0.3, 0.4) is 0 Å². The summed E-state index contributed by atoms with van der Waals surface area (Å²) in [6.07, 6.45) is 2.89. The van der Waals surface area contributed by atoms with E-state index in [1.807, 2.05) is 6.92 Å². The quantitative estimate of drug-likeness (QED) is 0.449. The van der Waals surface area contributed by atoms with E-state index in [4.69, 9.17) is 51.1 Å². The maximum absolute atomic E-state index is 12.6. The van der Waals surface area contributed by atoms with E-state index in [1.54, 1.807) is 12.1 Å². The average Bonchev–Trinajstić information content (AvgIpc) is 2.57. The number of nitrogens with one attached hydrogen (secondary N) is 1. The van der Waals surface area contributed by atoms with Gasteiger partial charge in [0, 0.05) is 12.3 Å². The fourth-order valence-corrected chi connectivity index (χ4v) is 4.69. The molecule has 28 heavy (non-hydrogen) atoms. The van der Waals surface area contributed by atoms with Gasteiger partial charge < -0.3 is 4.74 Å². The molecule has 0 fully saturated rings. The van der Waals surface area contributed by atoms with E-state index in [-0.39, 0.29) is 31.4 Å². The van der Waals surface area contributed by atoms with Gasteiger partial charge in [-0.15, -0.1) is 0 Å². The summed E-state index contributed by atoms with van der Waals surface area (Å²) in [5, 5.41) is 0.683. The first-order chi connectivity index (χ1) is 13.2. The lowest BCUT2D eigenvalue weighted by Crippen LogP contribution is -2.13. The molecule has 3 rings (SSSR count). The van der Waals surface area contributed by atoms with Gasteiger partial charge in [-0.3, -0.25) is 9.71 Å². The van der Waals surface area contributed by atoms with E-state index in [9.17, 15) is 8.42 Å². The predicted octanol–water partition coefficient (Wildman–Crippen LogP) is 6.60. The largest absolute Gasteiger partial charge is 0.453 e. The third kappa shape index (κ3) is 4.82. The van der Waals surface area contributed by atoms with Gasteiger partial charge in [0.1, 0.15) is 10.6 Å². The van der Waals surface area contributed by atoms with Crippen LogP contribution in [0.5, 0.6) is 11.5 Å². The summed E-state index contributed by atoms with van der Waals surface area (Å²) < 4.78 is 33.3. The summed E-state index contributed by atoms with van der Waals surface area (Å²) in [5.74, 6) is 0.472. The van der Waals surface area contributed by atoms with Gasteiger partial charge in [-0.05, 0) is 36.8 Å². The Hall–Kier alpha value is -1.70. The molecule has 146 valence electrons. The highest BCUT2D eigenvalue weighted by Gasteiger charge is 2.20. The minimum absolute atomic E-state index is 0.0580. The van der Waals surface area contributed by atoms with E-state index in [0.717, 1.165) is 5.56 Å². The van der Waals surface area contributed by atoms with Crippen molar-refractivity contribution < 1.29 is 13.2 Å². The van der Waals surface area contributed by atoms with Crippen LogP contribution in [0.1, 0.15) is 5.56 Å². The topological polar surface area (TPSA) is 68.3 Å². The molecule has 0 saturated heterocycles. The number of anilines is 1. The fourth-order valence-electron chi connectivity index (χ4n) is 2.32. The van der Waals surface area contributed by atoms with Crippen LogP contribution in [-0.2, 0) is 10.0 Å². The molecule has 2 aromatic carbocycles. The Kier molecular flexibility index (Phi) is 6.27. The normalized spacial score (nSPS) is 11.3. The van der Waals surface area contributed by atoms with Gasteiger partial charge >= 0.3 is 0 Å². The SMILES string of the molecule is Cc1ccc(S(=O)(=O)Nc2cc(Cl)c(Oc3cncc(Cl)c3)c(Cl)c2)c(Cl)c1. The van der Waals surface area contributed by atoms with Crippen molar-refractivity contribution in [3.8, 4) is 11.5 Å².